The summed E-state index contributed by atoms with van der Waals surface area (Å²) in [4.78, 5) is 0. The van der Waals surface area contributed by atoms with Crippen LogP contribution in [-0.4, -0.2) is 4.57 Å². The summed E-state index contributed by atoms with van der Waals surface area (Å²) < 4.78 is 1.56. The Hall–Kier alpha value is -1.74. The Balaban J connectivity index is 3.28. The SMILES string of the molecule is Cn1c(C#N)ccc1C#N. The minimum absolute atomic E-state index is 0.511. The summed E-state index contributed by atoms with van der Waals surface area (Å²) in [6.07, 6.45) is 0. The van der Waals surface area contributed by atoms with E-state index in [2.05, 4.69) is 0 Å². The summed E-state index contributed by atoms with van der Waals surface area (Å²) in [5, 5.41) is 16.9. The summed E-state index contributed by atoms with van der Waals surface area (Å²) in [6.45, 7) is 0. The molecule has 1 rings (SSSR count). The lowest BCUT2D eigenvalue weighted by atomic mass is 10.4. The highest BCUT2D eigenvalue weighted by atomic mass is 14.9. The molecule has 0 N–H and O–H groups in total. The molecule has 48 valence electrons. The zero-order valence-corrected chi connectivity index (χ0v) is 5.50. The molecule has 1 aromatic rings. The van der Waals surface area contributed by atoms with Gasteiger partial charge in [-0.3, -0.25) is 0 Å². The third kappa shape index (κ3) is 0.744. The van der Waals surface area contributed by atoms with Gasteiger partial charge in [0, 0.05) is 7.05 Å². The van der Waals surface area contributed by atoms with E-state index in [-0.39, 0.29) is 0 Å². The first kappa shape index (κ1) is 6.38. The Morgan fingerprint density at radius 3 is 1.80 bits per heavy atom. The second kappa shape index (κ2) is 2.24. The highest BCUT2D eigenvalue weighted by molar-refractivity contribution is 5.32. The maximum Gasteiger partial charge on any atom is 0.120 e. The molecule has 0 aliphatic heterocycles. The van der Waals surface area contributed by atoms with E-state index in [4.69, 9.17) is 10.5 Å². The molecule has 0 spiro atoms. The summed E-state index contributed by atoms with van der Waals surface area (Å²) in [5.74, 6) is 0. The second-order valence-electron chi connectivity index (χ2n) is 1.89. The lowest BCUT2D eigenvalue weighted by Crippen LogP contribution is -1.93. The minimum Gasteiger partial charge on any atom is -0.327 e. The molecule has 10 heavy (non-hydrogen) atoms. The minimum atomic E-state index is 0.511. The van der Waals surface area contributed by atoms with Crippen LogP contribution in [0.5, 0.6) is 0 Å². The molecule has 0 radical (unpaired) electrons. The largest absolute Gasteiger partial charge is 0.327 e. The highest BCUT2D eigenvalue weighted by Gasteiger charge is 2.00. The van der Waals surface area contributed by atoms with E-state index < -0.39 is 0 Å². The van der Waals surface area contributed by atoms with Crippen molar-refractivity contribution < 1.29 is 0 Å². The fourth-order valence-electron chi connectivity index (χ4n) is 0.736. The van der Waals surface area contributed by atoms with Gasteiger partial charge in [-0.25, -0.2) is 0 Å². The van der Waals surface area contributed by atoms with Crippen molar-refractivity contribution in [2.45, 2.75) is 0 Å². The van der Waals surface area contributed by atoms with Crippen LogP contribution in [-0.2, 0) is 7.05 Å². The number of hydrogen-bond acceptors (Lipinski definition) is 2. The fourth-order valence-corrected chi connectivity index (χ4v) is 0.736. The van der Waals surface area contributed by atoms with Crippen molar-refractivity contribution >= 4 is 0 Å². The van der Waals surface area contributed by atoms with E-state index in [1.54, 1.807) is 23.7 Å². The smallest absolute Gasteiger partial charge is 0.120 e. The molecular weight excluding hydrogens is 126 g/mol. The van der Waals surface area contributed by atoms with Crippen molar-refractivity contribution in [1.29, 1.82) is 10.5 Å². The predicted molar refractivity (Wildman–Crippen MR) is 34.8 cm³/mol. The maximum atomic E-state index is 8.45. The number of nitrogens with zero attached hydrogens (tertiary/aromatic N) is 3. The second-order valence-corrected chi connectivity index (χ2v) is 1.89. The third-order valence-electron chi connectivity index (χ3n) is 1.35. The first-order chi connectivity index (χ1) is 4.79. The molecule has 0 saturated carbocycles. The van der Waals surface area contributed by atoms with E-state index in [0.717, 1.165) is 0 Å². The Labute approximate surface area is 58.7 Å². The Morgan fingerprint density at radius 1 is 1.20 bits per heavy atom. The van der Waals surface area contributed by atoms with Gasteiger partial charge in [-0.15, -0.1) is 0 Å². The van der Waals surface area contributed by atoms with Gasteiger partial charge in [0.2, 0.25) is 0 Å². The standard InChI is InChI=1S/C7H5N3/c1-10-6(4-8)2-3-7(10)5-9/h2-3H,1H3. The molecule has 1 aromatic heterocycles. The maximum absolute atomic E-state index is 8.45. The van der Waals surface area contributed by atoms with Gasteiger partial charge in [0.1, 0.15) is 23.5 Å². The van der Waals surface area contributed by atoms with Crippen LogP contribution in [0.2, 0.25) is 0 Å². The van der Waals surface area contributed by atoms with Gasteiger partial charge in [-0.05, 0) is 12.1 Å². The van der Waals surface area contributed by atoms with Crippen molar-refractivity contribution in [1.82, 2.24) is 4.57 Å². The Kier molecular flexibility index (Phi) is 1.43. The molecule has 0 amide bonds. The van der Waals surface area contributed by atoms with E-state index in [0.29, 0.717) is 11.4 Å². The molecule has 0 aliphatic rings. The van der Waals surface area contributed by atoms with Gasteiger partial charge in [0.15, 0.2) is 0 Å². The first-order valence-corrected chi connectivity index (χ1v) is 2.75. The molecule has 0 bridgehead atoms. The van der Waals surface area contributed by atoms with Gasteiger partial charge in [0.25, 0.3) is 0 Å². The Bertz CT molecular complexity index is 290. The number of hydrogen-bond donors (Lipinski definition) is 0. The predicted octanol–water partition coefficient (Wildman–Crippen LogP) is 0.768. The molecule has 0 aromatic carbocycles. The summed E-state index contributed by atoms with van der Waals surface area (Å²) >= 11 is 0. The van der Waals surface area contributed by atoms with Crippen LogP contribution in [0.25, 0.3) is 0 Å². The molecule has 3 nitrogen and oxygen atoms in total. The van der Waals surface area contributed by atoms with Crippen LogP contribution in [0, 0.1) is 22.7 Å². The van der Waals surface area contributed by atoms with Crippen molar-refractivity contribution in [3.05, 3.63) is 23.5 Å². The fraction of sp³-hybridized carbons (Fsp3) is 0.143. The number of aromatic nitrogens is 1. The summed E-state index contributed by atoms with van der Waals surface area (Å²) in [6, 6.07) is 7.17. The lowest BCUT2D eigenvalue weighted by Gasteiger charge is -1.91. The molecule has 0 atom stereocenters. The van der Waals surface area contributed by atoms with Crippen LogP contribution in [0.1, 0.15) is 11.4 Å². The molecule has 0 fully saturated rings. The molecule has 3 heteroatoms. The van der Waals surface area contributed by atoms with E-state index in [9.17, 15) is 0 Å². The van der Waals surface area contributed by atoms with Crippen LogP contribution < -0.4 is 0 Å². The highest BCUT2D eigenvalue weighted by Crippen LogP contribution is 2.03. The molecular formula is C7H5N3. The average molecular weight is 131 g/mol. The van der Waals surface area contributed by atoms with Crippen molar-refractivity contribution in [3.63, 3.8) is 0 Å². The molecule has 0 saturated heterocycles. The monoisotopic (exact) mass is 131 g/mol. The van der Waals surface area contributed by atoms with E-state index >= 15 is 0 Å². The van der Waals surface area contributed by atoms with Gasteiger partial charge in [0.05, 0.1) is 0 Å². The zero-order valence-electron chi connectivity index (χ0n) is 5.50. The first-order valence-electron chi connectivity index (χ1n) is 2.75. The van der Waals surface area contributed by atoms with E-state index in [1.165, 1.54) is 0 Å². The van der Waals surface area contributed by atoms with Crippen LogP contribution >= 0.6 is 0 Å². The average Bonchev–Trinajstić information content (AvgIpc) is 2.30. The number of rotatable bonds is 0. The van der Waals surface area contributed by atoms with Crippen LogP contribution in [0.4, 0.5) is 0 Å². The van der Waals surface area contributed by atoms with E-state index in [1.807, 2.05) is 12.1 Å². The van der Waals surface area contributed by atoms with Crippen molar-refractivity contribution in [2.75, 3.05) is 0 Å². The Morgan fingerprint density at radius 2 is 1.60 bits per heavy atom. The van der Waals surface area contributed by atoms with Crippen LogP contribution in [0.3, 0.4) is 0 Å². The van der Waals surface area contributed by atoms with Gasteiger partial charge in [-0.1, -0.05) is 0 Å². The summed E-state index contributed by atoms with van der Waals surface area (Å²) in [5.41, 5.74) is 1.02. The normalized spacial score (nSPS) is 8.30. The number of nitriles is 2. The van der Waals surface area contributed by atoms with Crippen molar-refractivity contribution in [2.24, 2.45) is 7.05 Å². The molecule has 0 aliphatic carbocycles. The van der Waals surface area contributed by atoms with Gasteiger partial charge >= 0.3 is 0 Å². The zero-order chi connectivity index (χ0) is 7.56. The quantitative estimate of drug-likeness (QED) is 0.522. The summed E-state index contributed by atoms with van der Waals surface area (Å²) in [7, 11) is 1.69. The molecule has 0 unspecified atom stereocenters. The van der Waals surface area contributed by atoms with Crippen molar-refractivity contribution in [3.8, 4) is 12.1 Å². The van der Waals surface area contributed by atoms with Gasteiger partial charge in [-0.2, -0.15) is 10.5 Å². The third-order valence-corrected chi connectivity index (χ3v) is 1.35. The molecule has 1 heterocycles. The van der Waals surface area contributed by atoms with Crippen LogP contribution in [0.15, 0.2) is 12.1 Å². The topological polar surface area (TPSA) is 52.5 Å². The van der Waals surface area contributed by atoms with Gasteiger partial charge < -0.3 is 4.57 Å². The lowest BCUT2D eigenvalue weighted by molar-refractivity contribution is 0.890.